The van der Waals surface area contributed by atoms with Crippen molar-refractivity contribution in [3.05, 3.63) is 84.1 Å². The molecule has 0 amide bonds. The van der Waals surface area contributed by atoms with E-state index >= 15 is 0 Å². The monoisotopic (exact) mass is 309 g/mol. The maximum atomic E-state index is 9.56. The Labute approximate surface area is 141 Å². The van der Waals surface area contributed by atoms with Gasteiger partial charge in [0.2, 0.25) is 0 Å². The van der Waals surface area contributed by atoms with E-state index in [2.05, 4.69) is 29.4 Å². The summed E-state index contributed by atoms with van der Waals surface area (Å²) in [4.78, 5) is 0. The third-order valence-electron chi connectivity index (χ3n) is 3.87. The number of allylic oxidation sites excluding steroid dienone is 2. The highest BCUT2D eigenvalue weighted by atomic mass is 14.9. The molecule has 0 unspecified atom stereocenters. The lowest BCUT2D eigenvalue weighted by Gasteiger charge is -1.99. The van der Waals surface area contributed by atoms with E-state index in [-0.39, 0.29) is 0 Å². The fraction of sp³-hybridized carbons (Fsp3) is 0.0476. The van der Waals surface area contributed by atoms with Crippen LogP contribution in [0.4, 0.5) is 0 Å². The zero-order valence-electron chi connectivity index (χ0n) is 13.1. The number of fused-ring (bicyclic) bond motifs is 1. The molecular formula is C21H15N3. The summed E-state index contributed by atoms with van der Waals surface area (Å²) in [6.07, 6.45) is 5.75. The van der Waals surface area contributed by atoms with Crippen LogP contribution >= 0.6 is 0 Å². The van der Waals surface area contributed by atoms with Gasteiger partial charge in [-0.25, -0.2) is 0 Å². The average molecular weight is 309 g/mol. The largest absolute Gasteiger partial charge is 0.343 e. The minimum Gasteiger partial charge on any atom is -0.343 e. The molecule has 24 heavy (non-hydrogen) atoms. The number of hydrogen-bond donors (Lipinski definition) is 0. The summed E-state index contributed by atoms with van der Waals surface area (Å²) in [7, 11) is 0. The van der Waals surface area contributed by atoms with Crippen LogP contribution in [0, 0.1) is 22.7 Å². The SMILES string of the molecule is C=CCn1cc(C=C(C#N)c2cccc(C#N)c2)c2ccccc21. The highest BCUT2D eigenvalue weighted by Crippen LogP contribution is 2.26. The van der Waals surface area contributed by atoms with Crippen LogP contribution in [0.3, 0.4) is 0 Å². The van der Waals surface area contributed by atoms with Crippen LogP contribution in [0.25, 0.3) is 22.6 Å². The Kier molecular flexibility index (Phi) is 4.27. The molecule has 3 heteroatoms. The highest BCUT2D eigenvalue weighted by molar-refractivity contribution is 5.98. The first-order chi connectivity index (χ1) is 11.8. The van der Waals surface area contributed by atoms with Gasteiger partial charge in [0.05, 0.1) is 23.3 Å². The molecule has 2 aromatic carbocycles. The molecule has 0 radical (unpaired) electrons. The summed E-state index contributed by atoms with van der Waals surface area (Å²) in [6, 6.07) is 19.5. The Hall–Kier alpha value is -3.56. The normalized spacial score (nSPS) is 11.0. The lowest BCUT2D eigenvalue weighted by molar-refractivity contribution is 0.865. The van der Waals surface area contributed by atoms with Gasteiger partial charge in [0.15, 0.2) is 0 Å². The van der Waals surface area contributed by atoms with E-state index in [1.807, 2.05) is 42.6 Å². The van der Waals surface area contributed by atoms with Crippen LogP contribution in [0.5, 0.6) is 0 Å². The minimum atomic E-state index is 0.536. The number of hydrogen-bond acceptors (Lipinski definition) is 2. The van der Waals surface area contributed by atoms with Gasteiger partial charge in [-0.1, -0.05) is 36.4 Å². The molecule has 1 heterocycles. The Morgan fingerprint density at radius 3 is 2.71 bits per heavy atom. The summed E-state index contributed by atoms with van der Waals surface area (Å²) in [5, 5.41) is 19.7. The lowest BCUT2D eigenvalue weighted by Crippen LogP contribution is -1.91. The zero-order valence-corrected chi connectivity index (χ0v) is 13.1. The van der Waals surface area contributed by atoms with Crippen LogP contribution in [0.1, 0.15) is 16.7 Å². The third kappa shape index (κ3) is 2.84. The molecule has 0 aliphatic rings. The van der Waals surface area contributed by atoms with Crippen molar-refractivity contribution >= 4 is 22.6 Å². The molecule has 0 saturated carbocycles. The molecule has 114 valence electrons. The highest BCUT2D eigenvalue weighted by Gasteiger charge is 2.08. The van der Waals surface area contributed by atoms with Crippen LogP contribution in [0.2, 0.25) is 0 Å². The second-order valence-corrected chi connectivity index (χ2v) is 5.41. The van der Waals surface area contributed by atoms with Crippen molar-refractivity contribution in [3.63, 3.8) is 0 Å². The first-order valence-corrected chi connectivity index (χ1v) is 7.58. The summed E-state index contributed by atoms with van der Waals surface area (Å²) in [5.74, 6) is 0. The molecule has 0 N–H and O–H groups in total. The predicted molar refractivity (Wildman–Crippen MR) is 96.8 cm³/mol. The summed E-state index contributed by atoms with van der Waals surface area (Å²) in [6.45, 7) is 4.51. The van der Waals surface area contributed by atoms with E-state index in [0.29, 0.717) is 17.7 Å². The van der Waals surface area contributed by atoms with Crippen molar-refractivity contribution in [2.45, 2.75) is 6.54 Å². The smallest absolute Gasteiger partial charge is 0.0998 e. The van der Waals surface area contributed by atoms with Gasteiger partial charge in [-0.2, -0.15) is 10.5 Å². The molecule has 0 aliphatic heterocycles. The van der Waals surface area contributed by atoms with E-state index < -0.39 is 0 Å². The molecule has 3 nitrogen and oxygen atoms in total. The molecule has 3 aromatic rings. The summed E-state index contributed by atoms with van der Waals surface area (Å²) >= 11 is 0. The Balaban J connectivity index is 2.15. The molecule has 0 atom stereocenters. The molecule has 0 fully saturated rings. The number of aromatic nitrogens is 1. The van der Waals surface area contributed by atoms with Crippen molar-refractivity contribution in [2.24, 2.45) is 0 Å². The van der Waals surface area contributed by atoms with Crippen molar-refractivity contribution in [1.82, 2.24) is 4.57 Å². The Morgan fingerprint density at radius 2 is 1.96 bits per heavy atom. The first-order valence-electron chi connectivity index (χ1n) is 7.58. The standard InChI is InChI=1S/C21H15N3/c1-2-10-24-15-19(20-8-3-4-9-21(20)24)12-18(14-23)17-7-5-6-16(11-17)13-22/h2-9,11-12,15H,1,10H2. The van der Waals surface area contributed by atoms with Crippen LogP contribution in [-0.2, 0) is 6.54 Å². The zero-order chi connectivity index (χ0) is 16.9. The van der Waals surface area contributed by atoms with Gasteiger partial charge in [-0.3, -0.25) is 0 Å². The number of rotatable bonds is 4. The van der Waals surface area contributed by atoms with E-state index in [9.17, 15) is 5.26 Å². The molecule has 1 aromatic heterocycles. The maximum absolute atomic E-state index is 9.56. The molecule has 0 saturated heterocycles. The molecule has 0 spiro atoms. The first kappa shape index (κ1) is 15.3. The Bertz CT molecular complexity index is 1020. The molecular weight excluding hydrogens is 294 g/mol. The van der Waals surface area contributed by atoms with Crippen LogP contribution in [0.15, 0.2) is 67.4 Å². The quantitative estimate of drug-likeness (QED) is 0.515. The van der Waals surface area contributed by atoms with E-state index in [1.54, 1.807) is 18.2 Å². The van der Waals surface area contributed by atoms with E-state index in [0.717, 1.165) is 22.0 Å². The van der Waals surface area contributed by atoms with Gasteiger partial charge < -0.3 is 4.57 Å². The second-order valence-electron chi connectivity index (χ2n) is 5.41. The number of para-hydroxylation sites is 1. The summed E-state index contributed by atoms with van der Waals surface area (Å²) < 4.78 is 2.11. The number of benzene rings is 2. The van der Waals surface area contributed by atoms with Crippen molar-refractivity contribution in [2.75, 3.05) is 0 Å². The minimum absolute atomic E-state index is 0.536. The number of nitriles is 2. The van der Waals surface area contributed by atoms with E-state index in [1.165, 1.54) is 0 Å². The van der Waals surface area contributed by atoms with Gasteiger partial charge in [0, 0.05) is 29.2 Å². The molecule has 0 bridgehead atoms. The van der Waals surface area contributed by atoms with Gasteiger partial charge in [0.1, 0.15) is 0 Å². The lowest BCUT2D eigenvalue weighted by atomic mass is 10.0. The summed E-state index contributed by atoms with van der Waals surface area (Å²) in [5.41, 5.74) is 3.91. The molecule has 0 aliphatic carbocycles. The van der Waals surface area contributed by atoms with Gasteiger partial charge in [0.25, 0.3) is 0 Å². The fourth-order valence-corrected chi connectivity index (χ4v) is 2.77. The van der Waals surface area contributed by atoms with E-state index in [4.69, 9.17) is 5.26 Å². The third-order valence-corrected chi connectivity index (χ3v) is 3.87. The van der Waals surface area contributed by atoms with Crippen LogP contribution in [-0.4, -0.2) is 4.57 Å². The molecule has 3 rings (SSSR count). The fourth-order valence-electron chi connectivity index (χ4n) is 2.77. The van der Waals surface area contributed by atoms with Gasteiger partial charge >= 0.3 is 0 Å². The van der Waals surface area contributed by atoms with Crippen LogP contribution < -0.4 is 0 Å². The van der Waals surface area contributed by atoms with Gasteiger partial charge in [-0.15, -0.1) is 6.58 Å². The maximum Gasteiger partial charge on any atom is 0.0998 e. The number of nitrogens with zero attached hydrogens (tertiary/aromatic N) is 3. The van der Waals surface area contributed by atoms with Crippen molar-refractivity contribution in [3.8, 4) is 12.1 Å². The topological polar surface area (TPSA) is 52.5 Å². The average Bonchev–Trinajstić information content (AvgIpc) is 2.98. The van der Waals surface area contributed by atoms with Gasteiger partial charge in [-0.05, 0) is 29.8 Å². The van der Waals surface area contributed by atoms with Crippen molar-refractivity contribution < 1.29 is 0 Å². The van der Waals surface area contributed by atoms with Crippen molar-refractivity contribution in [1.29, 1.82) is 10.5 Å². The Morgan fingerprint density at radius 1 is 1.12 bits per heavy atom. The second kappa shape index (κ2) is 6.69. The predicted octanol–water partition coefficient (Wildman–Crippen LogP) is 4.76.